The summed E-state index contributed by atoms with van der Waals surface area (Å²) < 4.78 is 0. The summed E-state index contributed by atoms with van der Waals surface area (Å²) in [6, 6.07) is 1.52. The van der Waals surface area contributed by atoms with Gasteiger partial charge in [-0.1, -0.05) is 0 Å². The van der Waals surface area contributed by atoms with E-state index in [0.717, 1.165) is 0 Å². The van der Waals surface area contributed by atoms with Gasteiger partial charge in [0.1, 0.15) is 11.7 Å². The molecule has 1 rings (SSSR count). The first-order valence-electron chi connectivity index (χ1n) is 3.06. The molecule has 1 amide bonds. The van der Waals surface area contributed by atoms with Gasteiger partial charge >= 0.3 is 0 Å². The van der Waals surface area contributed by atoms with Gasteiger partial charge in [-0.3, -0.25) is 4.79 Å². The number of nitrogens with zero attached hydrogens (tertiary/aromatic N) is 2. The summed E-state index contributed by atoms with van der Waals surface area (Å²) in [4.78, 5) is 18.1. The Morgan fingerprint density at radius 1 is 1.67 bits per heavy atom. The van der Waals surface area contributed by atoms with E-state index in [4.69, 9.17) is 23.2 Å². The molecule has 6 heteroatoms. The highest BCUT2D eigenvalue weighted by Crippen LogP contribution is 2.05. The first-order valence-corrected chi connectivity index (χ1v) is 3.98. The van der Waals surface area contributed by atoms with E-state index in [-0.39, 0.29) is 17.1 Å². The second-order valence-electron chi connectivity index (χ2n) is 1.89. The molecule has 0 aliphatic carbocycles. The van der Waals surface area contributed by atoms with Crippen LogP contribution in [0.5, 0.6) is 0 Å². The molecular formula is C6H5Cl2N3O. The van der Waals surface area contributed by atoms with Crippen LogP contribution in [0, 0.1) is 0 Å². The standard InChI is InChI=1S/C6H5Cl2N3O/c7-3-5(12)10-4-1-2-9-6(8)11-4/h1-2H,3H2,(H,9,10,11,12). The van der Waals surface area contributed by atoms with E-state index in [1.807, 2.05) is 0 Å². The lowest BCUT2D eigenvalue weighted by atomic mass is 10.5. The van der Waals surface area contributed by atoms with Crippen LogP contribution in [0.2, 0.25) is 5.28 Å². The zero-order chi connectivity index (χ0) is 8.97. The van der Waals surface area contributed by atoms with Gasteiger partial charge in [0.05, 0.1) is 0 Å². The molecule has 0 aliphatic rings. The maximum absolute atomic E-state index is 10.7. The van der Waals surface area contributed by atoms with Crippen molar-refractivity contribution in [3.8, 4) is 0 Å². The fourth-order valence-corrected chi connectivity index (χ4v) is 0.795. The molecule has 0 bridgehead atoms. The third-order valence-electron chi connectivity index (χ3n) is 1.02. The van der Waals surface area contributed by atoms with Crippen LogP contribution in [0.15, 0.2) is 12.3 Å². The second-order valence-corrected chi connectivity index (χ2v) is 2.50. The Balaban J connectivity index is 2.69. The molecule has 1 N–H and O–H groups in total. The molecule has 0 atom stereocenters. The fourth-order valence-electron chi connectivity index (χ4n) is 0.581. The summed E-state index contributed by atoms with van der Waals surface area (Å²) in [6.45, 7) is 0. The number of aromatic nitrogens is 2. The zero-order valence-corrected chi connectivity index (χ0v) is 7.43. The van der Waals surface area contributed by atoms with Crippen molar-refractivity contribution in [2.45, 2.75) is 0 Å². The first-order chi connectivity index (χ1) is 5.72. The normalized spacial score (nSPS) is 9.50. The van der Waals surface area contributed by atoms with Crippen LogP contribution in [0.3, 0.4) is 0 Å². The highest BCUT2D eigenvalue weighted by molar-refractivity contribution is 6.29. The number of anilines is 1. The average Bonchev–Trinajstić information content (AvgIpc) is 2.04. The zero-order valence-electron chi connectivity index (χ0n) is 5.92. The predicted molar refractivity (Wildman–Crippen MR) is 46.4 cm³/mol. The number of carbonyl (C=O) groups excluding carboxylic acids is 1. The minimum absolute atomic E-state index is 0.0855. The monoisotopic (exact) mass is 205 g/mol. The fraction of sp³-hybridized carbons (Fsp3) is 0.167. The summed E-state index contributed by atoms with van der Waals surface area (Å²) in [5, 5.41) is 2.51. The van der Waals surface area contributed by atoms with Gasteiger partial charge in [0.15, 0.2) is 0 Å². The van der Waals surface area contributed by atoms with Gasteiger partial charge in [-0.25, -0.2) is 9.97 Å². The second kappa shape index (κ2) is 4.23. The van der Waals surface area contributed by atoms with E-state index in [0.29, 0.717) is 5.82 Å². The molecule has 0 fully saturated rings. The molecule has 0 saturated carbocycles. The van der Waals surface area contributed by atoms with Crippen LogP contribution in [-0.4, -0.2) is 21.8 Å². The molecule has 0 aliphatic heterocycles. The Kier molecular flexibility index (Phi) is 3.25. The van der Waals surface area contributed by atoms with Crippen LogP contribution in [-0.2, 0) is 4.79 Å². The summed E-state index contributed by atoms with van der Waals surface area (Å²) >= 11 is 10.7. The minimum atomic E-state index is -0.327. The molecular weight excluding hydrogens is 201 g/mol. The van der Waals surface area contributed by atoms with Crippen molar-refractivity contribution >= 4 is 34.9 Å². The summed E-state index contributed by atoms with van der Waals surface area (Å²) in [5.41, 5.74) is 0. The van der Waals surface area contributed by atoms with Crippen molar-refractivity contribution < 1.29 is 4.79 Å². The summed E-state index contributed by atoms with van der Waals surface area (Å²) in [5.74, 6) is -0.0891. The summed E-state index contributed by atoms with van der Waals surface area (Å²) in [6.07, 6.45) is 1.44. The van der Waals surface area contributed by atoms with Crippen molar-refractivity contribution in [3.05, 3.63) is 17.5 Å². The number of hydrogen-bond acceptors (Lipinski definition) is 3. The summed E-state index contributed by atoms with van der Waals surface area (Å²) in [7, 11) is 0. The van der Waals surface area contributed by atoms with E-state index in [2.05, 4.69) is 15.3 Å². The number of halogens is 2. The lowest BCUT2D eigenvalue weighted by molar-refractivity contribution is -0.113. The van der Waals surface area contributed by atoms with E-state index in [1.165, 1.54) is 12.3 Å². The molecule has 0 unspecified atom stereocenters. The van der Waals surface area contributed by atoms with Gasteiger partial charge in [0.2, 0.25) is 11.2 Å². The number of nitrogens with one attached hydrogen (secondary N) is 1. The van der Waals surface area contributed by atoms with E-state index in [1.54, 1.807) is 0 Å². The predicted octanol–water partition coefficient (Wildman–Crippen LogP) is 1.31. The van der Waals surface area contributed by atoms with E-state index in [9.17, 15) is 4.79 Å². The number of hydrogen-bond donors (Lipinski definition) is 1. The quantitative estimate of drug-likeness (QED) is 0.586. The Morgan fingerprint density at radius 3 is 3.00 bits per heavy atom. The SMILES string of the molecule is O=C(CCl)Nc1ccnc(Cl)n1. The van der Waals surface area contributed by atoms with Gasteiger partial charge < -0.3 is 5.32 Å². The molecule has 64 valence electrons. The van der Waals surface area contributed by atoms with Crippen LogP contribution in [0.25, 0.3) is 0 Å². The molecule has 1 aromatic rings. The molecule has 0 saturated heterocycles. The molecule has 0 aromatic carbocycles. The Bertz CT molecular complexity index is 292. The number of rotatable bonds is 2. The van der Waals surface area contributed by atoms with E-state index >= 15 is 0 Å². The molecule has 0 radical (unpaired) electrons. The first kappa shape index (κ1) is 9.22. The molecule has 1 heterocycles. The molecule has 12 heavy (non-hydrogen) atoms. The molecule has 0 spiro atoms. The van der Waals surface area contributed by atoms with Gasteiger partial charge in [-0.05, 0) is 17.7 Å². The maximum atomic E-state index is 10.7. The van der Waals surface area contributed by atoms with Crippen LogP contribution in [0.4, 0.5) is 5.82 Å². The number of amides is 1. The van der Waals surface area contributed by atoms with Gasteiger partial charge in [0, 0.05) is 6.20 Å². The van der Waals surface area contributed by atoms with Crippen molar-refractivity contribution in [2.75, 3.05) is 11.2 Å². The number of carbonyl (C=O) groups is 1. The van der Waals surface area contributed by atoms with Crippen LogP contribution < -0.4 is 5.32 Å². The highest BCUT2D eigenvalue weighted by atomic mass is 35.5. The van der Waals surface area contributed by atoms with Gasteiger partial charge in [0.25, 0.3) is 0 Å². The highest BCUT2D eigenvalue weighted by Gasteiger charge is 2.00. The molecule has 4 nitrogen and oxygen atoms in total. The third-order valence-corrected chi connectivity index (χ3v) is 1.44. The minimum Gasteiger partial charge on any atom is -0.310 e. The van der Waals surface area contributed by atoms with Crippen LogP contribution in [0.1, 0.15) is 0 Å². The third kappa shape index (κ3) is 2.64. The Labute approximate surface area is 78.9 Å². The van der Waals surface area contributed by atoms with Crippen molar-refractivity contribution in [2.24, 2.45) is 0 Å². The van der Waals surface area contributed by atoms with E-state index < -0.39 is 0 Å². The average molecular weight is 206 g/mol. The molecule has 1 aromatic heterocycles. The Morgan fingerprint density at radius 2 is 2.42 bits per heavy atom. The maximum Gasteiger partial charge on any atom is 0.240 e. The number of alkyl halides is 1. The van der Waals surface area contributed by atoms with Gasteiger partial charge in [-0.15, -0.1) is 11.6 Å². The topological polar surface area (TPSA) is 54.9 Å². The lowest BCUT2D eigenvalue weighted by Crippen LogP contribution is -2.13. The van der Waals surface area contributed by atoms with Crippen molar-refractivity contribution in [1.29, 1.82) is 0 Å². The van der Waals surface area contributed by atoms with Crippen molar-refractivity contribution in [3.63, 3.8) is 0 Å². The lowest BCUT2D eigenvalue weighted by Gasteiger charge is -1.99. The smallest absolute Gasteiger partial charge is 0.240 e. The van der Waals surface area contributed by atoms with Crippen molar-refractivity contribution in [1.82, 2.24) is 9.97 Å². The van der Waals surface area contributed by atoms with Crippen LogP contribution >= 0.6 is 23.2 Å². The Hall–Kier alpha value is -0.870. The van der Waals surface area contributed by atoms with Gasteiger partial charge in [-0.2, -0.15) is 0 Å². The largest absolute Gasteiger partial charge is 0.310 e.